The van der Waals surface area contributed by atoms with E-state index in [1.54, 1.807) is 13.8 Å². The highest BCUT2D eigenvalue weighted by molar-refractivity contribution is 9.10. The third kappa shape index (κ3) is 1.77. The minimum absolute atomic E-state index is 0.451. The van der Waals surface area contributed by atoms with Gasteiger partial charge in [0, 0.05) is 0 Å². The molecule has 0 aliphatic carbocycles. The van der Waals surface area contributed by atoms with Crippen molar-refractivity contribution >= 4 is 27.9 Å². The van der Waals surface area contributed by atoms with Crippen LogP contribution in [0, 0.1) is 5.92 Å². The fourth-order valence-electron chi connectivity index (χ4n) is 0.794. The molecule has 70 valence electrons. The quantitative estimate of drug-likeness (QED) is 0.573. The monoisotopic (exact) mass is 238 g/mol. The number of hydrogen-bond donors (Lipinski definition) is 2. The van der Waals surface area contributed by atoms with Crippen LogP contribution < -0.4 is 0 Å². The van der Waals surface area contributed by atoms with Crippen LogP contribution in [0.15, 0.2) is 0 Å². The minimum atomic E-state index is -1.85. The van der Waals surface area contributed by atoms with Crippen molar-refractivity contribution in [1.82, 2.24) is 0 Å². The molecule has 0 amide bonds. The molecule has 1 unspecified atom stereocenters. The smallest absolute Gasteiger partial charge is 0.332 e. The second-order valence-corrected chi connectivity index (χ2v) is 3.88. The van der Waals surface area contributed by atoms with Gasteiger partial charge in [0.25, 0.3) is 0 Å². The number of carboxylic acids is 2. The van der Waals surface area contributed by atoms with E-state index in [4.69, 9.17) is 10.2 Å². The van der Waals surface area contributed by atoms with Crippen LogP contribution in [0.2, 0.25) is 0 Å². The van der Waals surface area contributed by atoms with Crippen molar-refractivity contribution in [1.29, 1.82) is 0 Å². The number of alkyl halides is 1. The second-order valence-electron chi connectivity index (χ2n) is 2.63. The summed E-state index contributed by atoms with van der Waals surface area (Å²) in [6.45, 7) is 3.32. The number of halogens is 1. The number of rotatable bonds is 4. The van der Waals surface area contributed by atoms with E-state index in [-0.39, 0.29) is 0 Å². The highest BCUT2D eigenvalue weighted by Gasteiger charge is 2.48. The second kappa shape index (κ2) is 3.89. The first-order chi connectivity index (χ1) is 5.37. The van der Waals surface area contributed by atoms with E-state index in [1.165, 1.54) is 0 Å². The van der Waals surface area contributed by atoms with Gasteiger partial charge in [0.2, 0.25) is 4.32 Å². The zero-order valence-electron chi connectivity index (χ0n) is 6.87. The summed E-state index contributed by atoms with van der Waals surface area (Å²) in [5.74, 6) is -3.17. The molecule has 0 aromatic heterocycles. The maximum atomic E-state index is 10.6. The van der Waals surface area contributed by atoms with Crippen LogP contribution in [0.4, 0.5) is 0 Å². The Morgan fingerprint density at radius 3 is 1.83 bits per heavy atom. The van der Waals surface area contributed by atoms with Crippen LogP contribution in [-0.2, 0) is 9.59 Å². The predicted octanol–water partition coefficient (Wildman–Crippen LogP) is 1.34. The molecule has 5 heteroatoms. The maximum Gasteiger partial charge on any atom is 0.332 e. The lowest BCUT2D eigenvalue weighted by atomic mass is 9.92. The van der Waals surface area contributed by atoms with Gasteiger partial charge in [0.1, 0.15) is 0 Å². The summed E-state index contributed by atoms with van der Waals surface area (Å²) in [6, 6.07) is 0. The molecular formula is C7H11BrO4. The normalized spacial score (nSPS) is 13.9. The summed E-state index contributed by atoms with van der Waals surface area (Å²) in [4.78, 5) is 21.3. The van der Waals surface area contributed by atoms with E-state index >= 15 is 0 Å². The Kier molecular flexibility index (Phi) is 3.70. The van der Waals surface area contributed by atoms with Crippen molar-refractivity contribution in [2.24, 2.45) is 5.92 Å². The zero-order valence-corrected chi connectivity index (χ0v) is 8.46. The first-order valence-electron chi connectivity index (χ1n) is 3.53. The average Bonchev–Trinajstić information content (AvgIpc) is 2.00. The lowest BCUT2D eigenvalue weighted by Crippen LogP contribution is -2.46. The van der Waals surface area contributed by atoms with Crippen molar-refractivity contribution in [3.8, 4) is 0 Å². The third-order valence-electron chi connectivity index (χ3n) is 1.91. The molecule has 0 aromatic rings. The fraction of sp³-hybridized carbons (Fsp3) is 0.714. The van der Waals surface area contributed by atoms with Crippen LogP contribution in [0.3, 0.4) is 0 Å². The highest BCUT2D eigenvalue weighted by Crippen LogP contribution is 2.30. The lowest BCUT2D eigenvalue weighted by Gasteiger charge is -2.23. The average molecular weight is 239 g/mol. The van der Waals surface area contributed by atoms with Gasteiger partial charge >= 0.3 is 11.9 Å². The Labute approximate surface area is 78.7 Å². The molecular weight excluding hydrogens is 228 g/mol. The van der Waals surface area contributed by atoms with Crippen LogP contribution in [0.1, 0.15) is 20.3 Å². The molecule has 0 rings (SSSR count). The van der Waals surface area contributed by atoms with Gasteiger partial charge in [-0.2, -0.15) is 0 Å². The number of aliphatic carboxylic acids is 2. The predicted molar refractivity (Wildman–Crippen MR) is 46.4 cm³/mol. The molecule has 1 atom stereocenters. The topological polar surface area (TPSA) is 74.6 Å². The van der Waals surface area contributed by atoms with Crippen LogP contribution in [-0.4, -0.2) is 26.5 Å². The van der Waals surface area contributed by atoms with Gasteiger partial charge in [-0.3, -0.25) is 9.59 Å². The molecule has 0 saturated heterocycles. The molecule has 0 radical (unpaired) electrons. The van der Waals surface area contributed by atoms with Crippen molar-refractivity contribution in [3.05, 3.63) is 0 Å². The summed E-state index contributed by atoms with van der Waals surface area (Å²) in [5.41, 5.74) is 0. The Morgan fingerprint density at radius 1 is 1.42 bits per heavy atom. The van der Waals surface area contributed by atoms with Crippen molar-refractivity contribution < 1.29 is 19.8 Å². The van der Waals surface area contributed by atoms with Crippen molar-refractivity contribution in [3.63, 3.8) is 0 Å². The summed E-state index contributed by atoms with van der Waals surface area (Å²) >= 11 is 2.74. The summed E-state index contributed by atoms with van der Waals surface area (Å²) < 4.78 is -1.85. The molecule has 0 saturated carbocycles. The molecule has 12 heavy (non-hydrogen) atoms. The molecule has 0 heterocycles. The minimum Gasteiger partial charge on any atom is -0.480 e. The Balaban J connectivity index is 4.87. The van der Waals surface area contributed by atoms with Crippen LogP contribution in [0.25, 0.3) is 0 Å². The van der Waals surface area contributed by atoms with Crippen LogP contribution >= 0.6 is 15.9 Å². The molecule has 2 N–H and O–H groups in total. The summed E-state index contributed by atoms with van der Waals surface area (Å²) in [7, 11) is 0. The number of carboxylic acid groups (broad SMARTS) is 2. The van der Waals surface area contributed by atoms with E-state index in [0.717, 1.165) is 0 Å². The Morgan fingerprint density at radius 2 is 1.75 bits per heavy atom. The van der Waals surface area contributed by atoms with E-state index in [1.807, 2.05) is 0 Å². The SMILES string of the molecule is CCC(C)C(Br)(C(=O)O)C(=O)O. The third-order valence-corrected chi connectivity index (χ3v) is 3.37. The van der Waals surface area contributed by atoms with E-state index in [2.05, 4.69) is 15.9 Å². The van der Waals surface area contributed by atoms with E-state index in [9.17, 15) is 9.59 Å². The van der Waals surface area contributed by atoms with Gasteiger partial charge in [-0.1, -0.05) is 36.2 Å². The number of hydrogen-bond acceptors (Lipinski definition) is 2. The van der Waals surface area contributed by atoms with Gasteiger partial charge in [-0.05, 0) is 5.92 Å². The summed E-state index contributed by atoms with van der Waals surface area (Å²) in [5, 5.41) is 17.4. The molecule has 0 spiro atoms. The first-order valence-corrected chi connectivity index (χ1v) is 4.32. The van der Waals surface area contributed by atoms with Gasteiger partial charge in [0.15, 0.2) is 0 Å². The zero-order chi connectivity index (χ0) is 9.94. The Bertz CT molecular complexity index is 188. The van der Waals surface area contributed by atoms with E-state index < -0.39 is 22.2 Å². The van der Waals surface area contributed by atoms with Gasteiger partial charge in [0.05, 0.1) is 0 Å². The maximum absolute atomic E-state index is 10.6. The largest absolute Gasteiger partial charge is 0.480 e. The molecule has 0 fully saturated rings. The van der Waals surface area contributed by atoms with Gasteiger partial charge in [-0.15, -0.1) is 0 Å². The standard InChI is InChI=1S/C7H11BrO4/c1-3-4(2)7(8,5(9)10)6(11)12/h4H,3H2,1-2H3,(H,9,10)(H,11,12). The van der Waals surface area contributed by atoms with Crippen LogP contribution in [0.5, 0.6) is 0 Å². The van der Waals surface area contributed by atoms with Crippen molar-refractivity contribution in [2.45, 2.75) is 24.6 Å². The lowest BCUT2D eigenvalue weighted by molar-refractivity contribution is -0.153. The van der Waals surface area contributed by atoms with Crippen molar-refractivity contribution in [2.75, 3.05) is 0 Å². The van der Waals surface area contributed by atoms with Gasteiger partial charge < -0.3 is 10.2 Å². The molecule has 0 bridgehead atoms. The molecule has 0 aliphatic rings. The number of carbonyl (C=O) groups is 2. The van der Waals surface area contributed by atoms with Gasteiger partial charge in [-0.25, -0.2) is 0 Å². The highest BCUT2D eigenvalue weighted by atomic mass is 79.9. The molecule has 4 nitrogen and oxygen atoms in total. The molecule has 0 aliphatic heterocycles. The van der Waals surface area contributed by atoms with E-state index in [0.29, 0.717) is 6.42 Å². The summed E-state index contributed by atoms with van der Waals surface area (Å²) in [6.07, 6.45) is 0.490. The fourth-order valence-corrected chi connectivity index (χ4v) is 1.12. The molecule has 0 aromatic carbocycles. The Hall–Kier alpha value is -0.580. The first kappa shape index (κ1) is 11.4.